The molecular weight excluding hydrogens is 310 g/mol. The van der Waals surface area contributed by atoms with Crippen molar-refractivity contribution in [3.63, 3.8) is 0 Å². The van der Waals surface area contributed by atoms with Crippen LogP contribution in [0.1, 0.15) is 43.4 Å². The molecule has 0 amide bonds. The van der Waals surface area contributed by atoms with Crippen LogP contribution < -0.4 is 9.47 Å². The van der Waals surface area contributed by atoms with Gasteiger partial charge in [-0.05, 0) is 53.5 Å². The van der Waals surface area contributed by atoms with Crippen LogP contribution in [0.25, 0.3) is 0 Å². The highest BCUT2D eigenvalue weighted by Gasteiger charge is 2.50. The molecule has 1 saturated carbocycles. The Hall–Kier alpha value is -2.29. The van der Waals surface area contributed by atoms with Gasteiger partial charge in [-0.25, -0.2) is 0 Å². The minimum atomic E-state index is 0.0990. The van der Waals surface area contributed by atoms with Crippen molar-refractivity contribution in [3.05, 3.63) is 59.2 Å². The summed E-state index contributed by atoms with van der Waals surface area (Å²) in [4.78, 5) is 4.88. The van der Waals surface area contributed by atoms with Crippen molar-refractivity contribution < 1.29 is 9.47 Å². The first-order valence-corrected chi connectivity index (χ1v) is 8.92. The van der Waals surface area contributed by atoms with Crippen molar-refractivity contribution in [2.24, 2.45) is 10.4 Å². The number of nitrogens with zero attached hydrogens (tertiary/aromatic N) is 1. The number of rotatable bonds is 4. The van der Waals surface area contributed by atoms with Crippen LogP contribution in [0.15, 0.2) is 47.5 Å². The molecule has 0 bridgehead atoms. The van der Waals surface area contributed by atoms with E-state index in [0.29, 0.717) is 12.0 Å². The molecule has 3 nitrogen and oxygen atoms in total. The summed E-state index contributed by atoms with van der Waals surface area (Å²) in [5.41, 5.74) is 4.13. The van der Waals surface area contributed by atoms with Gasteiger partial charge in [0.1, 0.15) is 6.61 Å². The number of fused-ring (bicyclic) bond motifs is 1. The van der Waals surface area contributed by atoms with E-state index in [9.17, 15) is 0 Å². The third-order valence-electron chi connectivity index (χ3n) is 5.27. The first-order valence-electron chi connectivity index (χ1n) is 8.92. The van der Waals surface area contributed by atoms with Gasteiger partial charge in [0.25, 0.3) is 0 Å². The Bertz CT molecular complexity index is 800. The summed E-state index contributed by atoms with van der Waals surface area (Å²) in [6.07, 6.45) is 5.33. The van der Waals surface area contributed by atoms with Crippen LogP contribution in [-0.4, -0.2) is 18.9 Å². The van der Waals surface area contributed by atoms with Gasteiger partial charge < -0.3 is 9.47 Å². The topological polar surface area (TPSA) is 30.8 Å². The van der Waals surface area contributed by atoms with Gasteiger partial charge >= 0.3 is 0 Å². The molecule has 0 radical (unpaired) electrons. The zero-order chi connectivity index (χ0) is 17.5. The average molecular weight is 335 g/mol. The number of aliphatic imine (C=N–C) groups is 1. The highest BCUT2D eigenvalue weighted by Crippen LogP contribution is 2.53. The quantitative estimate of drug-likeness (QED) is 0.803. The fourth-order valence-electron chi connectivity index (χ4n) is 4.45. The first-order chi connectivity index (χ1) is 12.0. The van der Waals surface area contributed by atoms with Crippen molar-refractivity contribution in [1.29, 1.82) is 0 Å². The monoisotopic (exact) mass is 335 g/mol. The fraction of sp³-hybridized carbons (Fsp3) is 0.409. The highest BCUT2D eigenvalue weighted by molar-refractivity contribution is 5.85. The van der Waals surface area contributed by atoms with E-state index in [1.165, 1.54) is 5.56 Å². The van der Waals surface area contributed by atoms with E-state index in [0.717, 1.165) is 41.9 Å². The maximum Gasteiger partial charge on any atom is 0.161 e. The van der Waals surface area contributed by atoms with E-state index in [-0.39, 0.29) is 5.54 Å². The van der Waals surface area contributed by atoms with Crippen molar-refractivity contribution >= 4 is 6.21 Å². The molecular formula is C22H25NO2. The third-order valence-corrected chi connectivity index (χ3v) is 5.27. The van der Waals surface area contributed by atoms with Gasteiger partial charge in [0.2, 0.25) is 0 Å². The second-order valence-electron chi connectivity index (χ2n) is 8.15. The van der Waals surface area contributed by atoms with Gasteiger partial charge in [0, 0.05) is 6.21 Å². The molecule has 1 heterocycles. The molecule has 1 aliphatic carbocycles. The van der Waals surface area contributed by atoms with Gasteiger partial charge in [-0.3, -0.25) is 4.99 Å². The summed E-state index contributed by atoms with van der Waals surface area (Å²) in [5.74, 6) is 1.58. The largest absolute Gasteiger partial charge is 0.493 e. The predicted octanol–water partition coefficient (Wildman–Crippen LogP) is 4.81. The van der Waals surface area contributed by atoms with Crippen LogP contribution in [-0.2, 0) is 13.0 Å². The van der Waals surface area contributed by atoms with Crippen molar-refractivity contribution in [3.8, 4) is 11.5 Å². The van der Waals surface area contributed by atoms with E-state index in [4.69, 9.17) is 14.5 Å². The van der Waals surface area contributed by atoms with E-state index >= 15 is 0 Å². The molecule has 0 saturated heterocycles. The second-order valence-corrected chi connectivity index (χ2v) is 8.15. The maximum atomic E-state index is 6.07. The molecule has 0 unspecified atom stereocenters. The summed E-state index contributed by atoms with van der Waals surface area (Å²) in [5, 5.41) is 0. The molecule has 2 aliphatic rings. The van der Waals surface area contributed by atoms with Crippen molar-refractivity contribution in [2.75, 3.05) is 7.11 Å². The van der Waals surface area contributed by atoms with Crippen LogP contribution in [0.2, 0.25) is 0 Å². The standard InChI is InChI=1S/C22H25NO2/c1-21(2)14-22(15-21)11-17-9-20(19(24-3)10-18(17)12-23-22)25-13-16-7-5-4-6-8-16/h4-10,12H,11,13-15H2,1-3H3. The summed E-state index contributed by atoms with van der Waals surface area (Å²) in [6.45, 7) is 5.19. The lowest BCUT2D eigenvalue weighted by atomic mass is 9.57. The van der Waals surface area contributed by atoms with Crippen molar-refractivity contribution in [1.82, 2.24) is 0 Å². The Morgan fingerprint density at radius 1 is 1.04 bits per heavy atom. The van der Waals surface area contributed by atoms with Crippen LogP contribution >= 0.6 is 0 Å². The molecule has 2 aromatic rings. The summed E-state index contributed by atoms with van der Waals surface area (Å²) in [6, 6.07) is 14.4. The molecule has 0 aromatic heterocycles. The highest BCUT2D eigenvalue weighted by atomic mass is 16.5. The molecule has 0 N–H and O–H groups in total. The number of methoxy groups -OCH3 is 1. The zero-order valence-corrected chi connectivity index (χ0v) is 15.2. The van der Waals surface area contributed by atoms with Crippen LogP contribution in [0.5, 0.6) is 11.5 Å². The molecule has 130 valence electrons. The van der Waals surface area contributed by atoms with Crippen molar-refractivity contribution in [2.45, 2.75) is 45.3 Å². The van der Waals surface area contributed by atoms with E-state index in [2.05, 4.69) is 38.1 Å². The smallest absolute Gasteiger partial charge is 0.161 e. The maximum absolute atomic E-state index is 6.07. The summed E-state index contributed by atoms with van der Waals surface area (Å²) >= 11 is 0. The molecule has 0 atom stereocenters. The third kappa shape index (κ3) is 3.15. The van der Waals surface area contributed by atoms with E-state index in [1.807, 2.05) is 24.4 Å². The van der Waals surface area contributed by atoms with Crippen LogP contribution in [0.4, 0.5) is 0 Å². The first kappa shape index (κ1) is 16.2. The fourth-order valence-corrected chi connectivity index (χ4v) is 4.45. The number of benzene rings is 2. The Labute approximate surface area is 149 Å². The lowest BCUT2D eigenvalue weighted by molar-refractivity contribution is 0.0652. The Morgan fingerprint density at radius 2 is 1.80 bits per heavy atom. The zero-order valence-electron chi connectivity index (χ0n) is 15.2. The Balaban J connectivity index is 1.57. The Kier molecular flexibility index (Phi) is 3.82. The molecule has 1 aliphatic heterocycles. The molecule has 4 rings (SSSR count). The summed E-state index contributed by atoms with van der Waals surface area (Å²) < 4.78 is 11.6. The molecule has 3 heteroatoms. The second kappa shape index (κ2) is 5.91. The van der Waals surface area contributed by atoms with Gasteiger partial charge in [-0.1, -0.05) is 44.2 Å². The molecule has 25 heavy (non-hydrogen) atoms. The van der Waals surface area contributed by atoms with Gasteiger partial charge in [0.15, 0.2) is 11.5 Å². The molecule has 1 fully saturated rings. The summed E-state index contributed by atoms with van der Waals surface area (Å²) in [7, 11) is 1.69. The number of hydrogen-bond acceptors (Lipinski definition) is 3. The Morgan fingerprint density at radius 3 is 2.48 bits per heavy atom. The van der Waals surface area contributed by atoms with E-state index in [1.54, 1.807) is 7.11 Å². The lowest BCUT2D eigenvalue weighted by Gasteiger charge is -2.52. The van der Waals surface area contributed by atoms with E-state index < -0.39 is 0 Å². The number of ether oxygens (including phenoxy) is 2. The minimum absolute atomic E-state index is 0.0990. The minimum Gasteiger partial charge on any atom is -0.493 e. The van der Waals surface area contributed by atoms with Crippen LogP contribution in [0, 0.1) is 5.41 Å². The SMILES string of the molecule is COc1cc2c(cc1OCc1ccccc1)CC1(CC(C)(C)C1)N=C2. The average Bonchev–Trinajstić information content (AvgIpc) is 2.58. The molecule has 1 spiro atoms. The van der Waals surface area contributed by atoms with Gasteiger partial charge in [-0.2, -0.15) is 0 Å². The normalized spacial score (nSPS) is 19.2. The lowest BCUT2D eigenvalue weighted by Crippen LogP contribution is -2.50. The number of hydrogen-bond donors (Lipinski definition) is 0. The predicted molar refractivity (Wildman–Crippen MR) is 101 cm³/mol. The van der Waals surface area contributed by atoms with Gasteiger partial charge in [0.05, 0.1) is 12.6 Å². The van der Waals surface area contributed by atoms with Gasteiger partial charge in [-0.15, -0.1) is 0 Å². The van der Waals surface area contributed by atoms with Crippen LogP contribution in [0.3, 0.4) is 0 Å². The molecule has 2 aromatic carbocycles.